The molecule has 1 aliphatic heterocycles. The van der Waals surface area contributed by atoms with E-state index in [4.69, 9.17) is 4.98 Å². The van der Waals surface area contributed by atoms with Gasteiger partial charge in [0.25, 0.3) is 0 Å². The smallest absolute Gasteiger partial charge is 0.156 e. The van der Waals surface area contributed by atoms with Gasteiger partial charge in [-0.2, -0.15) is 0 Å². The summed E-state index contributed by atoms with van der Waals surface area (Å²) in [6.07, 6.45) is 15.6. The minimum Gasteiger partial charge on any atom is -0.345 e. The molecule has 0 amide bonds. The molecule has 2 aliphatic rings. The maximum absolute atomic E-state index is 4.91. The van der Waals surface area contributed by atoms with E-state index in [-0.39, 0.29) is 0 Å². The molecule has 1 saturated heterocycles. The van der Waals surface area contributed by atoms with Crippen LogP contribution < -0.4 is 0 Å². The standard InChI is InChI=1S/C19H25N5/c1-2-6-14(7-3-1)16-13-24-17(22-16)11-21-19-18(24)15(10-20-19)12-23-8-4-5-9-23/h10-11,13-14,20H,1-9,12H2. The van der Waals surface area contributed by atoms with Crippen molar-refractivity contribution in [2.45, 2.75) is 57.4 Å². The second-order valence-electron chi connectivity index (χ2n) is 7.48. The Morgan fingerprint density at radius 2 is 1.92 bits per heavy atom. The number of aromatic amines is 1. The number of imidazole rings is 1. The zero-order chi connectivity index (χ0) is 15.9. The largest absolute Gasteiger partial charge is 0.345 e. The fourth-order valence-electron chi connectivity index (χ4n) is 4.51. The van der Waals surface area contributed by atoms with Crippen molar-refractivity contribution in [3.8, 4) is 0 Å². The number of hydrogen-bond acceptors (Lipinski definition) is 3. The topological polar surface area (TPSA) is 49.2 Å². The minimum atomic E-state index is 0.634. The monoisotopic (exact) mass is 323 g/mol. The zero-order valence-electron chi connectivity index (χ0n) is 14.2. The highest BCUT2D eigenvalue weighted by Gasteiger charge is 2.21. The lowest BCUT2D eigenvalue weighted by molar-refractivity contribution is 0.332. The Hall–Kier alpha value is -1.88. The Morgan fingerprint density at radius 1 is 1.08 bits per heavy atom. The number of fused-ring (bicyclic) bond motifs is 3. The highest BCUT2D eigenvalue weighted by Crippen LogP contribution is 2.33. The molecule has 5 nitrogen and oxygen atoms in total. The van der Waals surface area contributed by atoms with Crippen LogP contribution in [0.25, 0.3) is 16.8 Å². The summed E-state index contributed by atoms with van der Waals surface area (Å²) in [5.41, 5.74) is 5.79. The fraction of sp³-hybridized carbons (Fsp3) is 0.579. The first kappa shape index (κ1) is 14.5. The SMILES string of the molecule is c1[nH]c2ncc3nc(C4CCCCC4)cn3c2c1CN1CCCC1. The van der Waals surface area contributed by atoms with Gasteiger partial charge in [0, 0.05) is 30.4 Å². The van der Waals surface area contributed by atoms with Crippen LogP contribution in [0, 0.1) is 0 Å². The molecule has 24 heavy (non-hydrogen) atoms. The summed E-state index contributed by atoms with van der Waals surface area (Å²) in [5, 5.41) is 0. The first-order valence-electron chi connectivity index (χ1n) is 9.45. The maximum Gasteiger partial charge on any atom is 0.156 e. The number of H-pyrrole nitrogens is 1. The number of hydrogen-bond donors (Lipinski definition) is 1. The molecule has 4 heterocycles. The molecule has 3 aromatic heterocycles. The van der Waals surface area contributed by atoms with E-state index in [0.29, 0.717) is 5.92 Å². The maximum atomic E-state index is 4.91. The van der Waals surface area contributed by atoms with Crippen molar-refractivity contribution >= 4 is 16.8 Å². The average molecular weight is 323 g/mol. The molecule has 5 heteroatoms. The molecule has 126 valence electrons. The normalized spacial score (nSPS) is 20.5. The van der Waals surface area contributed by atoms with E-state index in [2.05, 4.69) is 31.7 Å². The third-order valence-corrected chi connectivity index (χ3v) is 5.83. The van der Waals surface area contributed by atoms with Crippen molar-refractivity contribution in [2.75, 3.05) is 13.1 Å². The van der Waals surface area contributed by atoms with Crippen molar-refractivity contribution < 1.29 is 0 Å². The summed E-state index contributed by atoms with van der Waals surface area (Å²) in [4.78, 5) is 15.4. The van der Waals surface area contributed by atoms with E-state index in [1.165, 1.54) is 74.8 Å². The van der Waals surface area contributed by atoms with Gasteiger partial charge in [-0.05, 0) is 38.8 Å². The van der Waals surface area contributed by atoms with Crippen LogP contribution in [0.5, 0.6) is 0 Å². The molecule has 2 fully saturated rings. The van der Waals surface area contributed by atoms with Gasteiger partial charge in [-0.25, -0.2) is 9.97 Å². The third kappa shape index (κ3) is 2.42. The Kier molecular flexibility index (Phi) is 3.55. The van der Waals surface area contributed by atoms with Crippen LogP contribution in [0.3, 0.4) is 0 Å². The lowest BCUT2D eigenvalue weighted by Crippen LogP contribution is -2.18. The highest BCUT2D eigenvalue weighted by atomic mass is 15.1. The van der Waals surface area contributed by atoms with Gasteiger partial charge in [0.1, 0.15) is 0 Å². The predicted octanol–water partition coefficient (Wildman–Crippen LogP) is 3.85. The van der Waals surface area contributed by atoms with Crippen LogP contribution in [0.15, 0.2) is 18.6 Å². The summed E-state index contributed by atoms with van der Waals surface area (Å²) in [7, 11) is 0. The number of aromatic nitrogens is 4. The molecule has 0 radical (unpaired) electrons. The van der Waals surface area contributed by atoms with Gasteiger partial charge < -0.3 is 4.98 Å². The van der Waals surface area contributed by atoms with Crippen molar-refractivity contribution in [1.29, 1.82) is 0 Å². The molecular formula is C19H25N5. The molecule has 0 spiro atoms. The van der Waals surface area contributed by atoms with E-state index < -0.39 is 0 Å². The van der Waals surface area contributed by atoms with E-state index in [0.717, 1.165) is 17.8 Å². The number of nitrogens with one attached hydrogen (secondary N) is 1. The summed E-state index contributed by atoms with van der Waals surface area (Å²) in [6, 6.07) is 0. The van der Waals surface area contributed by atoms with Crippen molar-refractivity contribution in [3.05, 3.63) is 29.8 Å². The van der Waals surface area contributed by atoms with Crippen LogP contribution >= 0.6 is 0 Å². The summed E-state index contributed by atoms with van der Waals surface area (Å²) in [5.74, 6) is 0.634. The summed E-state index contributed by atoms with van der Waals surface area (Å²) in [6.45, 7) is 3.44. The summed E-state index contributed by atoms with van der Waals surface area (Å²) < 4.78 is 2.27. The molecule has 0 unspecified atom stereocenters. The lowest BCUT2D eigenvalue weighted by Gasteiger charge is -2.19. The second-order valence-corrected chi connectivity index (χ2v) is 7.48. The van der Waals surface area contributed by atoms with Gasteiger partial charge in [-0.1, -0.05) is 19.3 Å². The Bertz CT molecular complexity index is 849. The van der Waals surface area contributed by atoms with E-state index in [1.54, 1.807) is 0 Å². The molecule has 0 aromatic carbocycles. The molecule has 0 bridgehead atoms. The molecule has 0 atom stereocenters. The predicted molar refractivity (Wildman–Crippen MR) is 95.2 cm³/mol. The van der Waals surface area contributed by atoms with Crippen LogP contribution in [0.1, 0.15) is 62.1 Å². The van der Waals surface area contributed by atoms with E-state index in [1.807, 2.05) is 6.20 Å². The quantitative estimate of drug-likeness (QED) is 0.796. The van der Waals surface area contributed by atoms with Gasteiger partial charge in [0.15, 0.2) is 11.3 Å². The number of rotatable bonds is 3. The van der Waals surface area contributed by atoms with Gasteiger partial charge in [0.05, 0.1) is 17.4 Å². The van der Waals surface area contributed by atoms with Gasteiger partial charge >= 0.3 is 0 Å². The van der Waals surface area contributed by atoms with E-state index in [9.17, 15) is 0 Å². The molecular weight excluding hydrogens is 298 g/mol. The minimum absolute atomic E-state index is 0.634. The fourth-order valence-corrected chi connectivity index (χ4v) is 4.51. The lowest BCUT2D eigenvalue weighted by atomic mass is 9.87. The first-order valence-corrected chi connectivity index (χ1v) is 9.45. The van der Waals surface area contributed by atoms with Crippen LogP contribution in [-0.2, 0) is 6.54 Å². The molecule has 5 rings (SSSR count). The third-order valence-electron chi connectivity index (χ3n) is 5.83. The van der Waals surface area contributed by atoms with Crippen molar-refractivity contribution in [1.82, 2.24) is 24.3 Å². The Morgan fingerprint density at radius 3 is 2.75 bits per heavy atom. The van der Waals surface area contributed by atoms with Crippen LogP contribution in [-0.4, -0.2) is 37.3 Å². The first-order chi connectivity index (χ1) is 11.9. The number of nitrogens with zero attached hydrogens (tertiary/aromatic N) is 4. The van der Waals surface area contributed by atoms with Crippen LogP contribution in [0.4, 0.5) is 0 Å². The van der Waals surface area contributed by atoms with Gasteiger partial charge in [-0.3, -0.25) is 9.30 Å². The van der Waals surface area contributed by atoms with Gasteiger partial charge in [0.2, 0.25) is 0 Å². The molecule has 1 aliphatic carbocycles. The van der Waals surface area contributed by atoms with Crippen molar-refractivity contribution in [2.24, 2.45) is 0 Å². The Balaban J connectivity index is 1.57. The van der Waals surface area contributed by atoms with Gasteiger partial charge in [-0.15, -0.1) is 0 Å². The average Bonchev–Trinajstić information content (AvgIpc) is 3.34. The molecule has 1 saturated carbocycles. The van der Waals surface area contributed by atoms with Crippen LogP contribution in [0.2, 0.25) is 0 Å². The second kappa shape index (κ2) is 5.88. The van der Waals surface area contributed by atoms with Crippen molar-refractivity contribution in [3.63, 3.8) is 0 Å². The summed E-state index contributed by atoms with van der Waals surface area (Å²) >= 11 is 0. The molecule has 1 N–H and O–H groups in total. The number of likely N-dealkylation sites (tertiary alicyclic amines) is 1. The zero-order valence-corrected chi connectivity index (χ0v) is 14.2. The van der Waals surface area contributed by atoms with E-state index >= 15 is 0 Å². The molecule has 3 aromatic rings. The Labute approximate surface area is 142 Å². The highest BCUT2D eigenvalue weighted by molar-refractivity contribution is 5.78.